The Hall–Kier alpha value is -1.22. The van der Waals surface area contributed by atoms with E-state index < -0.39 is 6.10 Å². The van der Waals surface area contributed by atoms with Crippen LogP contribution in [0.2, 0.25) is 5.02 Å². The maximum Gasteiger partial charge on any atom is 0.347 e. The molecular formula is C18H27ClO3. The number of rotatable bonds is 9. The molecule has 0 spiro atoms. The normalized spacial score (nSPS) is 13.5. The summed E-state index contributed by atoms with van der Waals surface area (Å²) in [5, 5.41) is 0.655. The molecule has 0 bridgehead atoms. The van der Waals surface area contributed by atoms with E-state index in [2.05, 4.69) is 6.92 Å². The lowest BCUT2D eigenvalue weighted by Crippen LogP contribution is -2.30. The Kier molecular flexibility index (Phi) is 8.32. The van der Waals surface area contributed by atoms with Crippen LogP contribution in [0.4, 0.5) is 0 Å². The molecule has 0 aliphatic rings. The fraction of sp³-hybridized carbons (Fsp3) is 0.611. The van der Waals surface area contributed by atoms with Crippen LogP contribution in [0.25, 0.3) is 0 Å². The second-order valence-electron chi connectivity index (χ2n) is 5.63. The van der Waals surface area contributed by atoms with Gasteiger partial charge in [0.2, 0.25) is 0 Å². The summed E-state index contributed by atoms with van der Waals surface area (Å²) in [6.45, 7) is 7.82. The number of unbranched alkanes of at least 4 members (excludes halogenated alkanes) is 2. The van der Waals surface area contributed by atoms with Crippen molar-refractivity contribution >= 4 is 17.6 Å². The van der Waals surface area contributed by atoms with Gasteiger partial charge in [-0.25, -0.2) is 4.79 Å². The minimum atomic E-state index is -0.625. The number of hydrogen-bond donors (Lipinski definition) is 0. The van der Waals surface area contributed by atoms with E-state index in [9.17, 15) is 4.79 Å². The second kappa shape index (κ2) is 9.73. The molecule has 0 aromatic heterocycles. The number of hydrogen-bond acceptors (Lipinski definition) is 3. The van der Waals surface area contributed by atoms with Crippen LogP contribution >= 0.6 is 11.6 Å². The first-order chi connectivity index (χ1) is 10.5. The van der Waals surface area contributed by atoms with Crippen molar-refractivity contribution < 1.29 is 14.3 Å². The molecule has 22 heavy (non-hydrogen) atoms. The first-order valence-corrected chi connectivity index (χ1v) is 8.49. The maximum absolute atomic E-state index is 12.2. The highest BCUT2D eigenvalue weighted by atomic mass is 35.5. The minimum Gasteiger partial charge on any atom is -0.479 e. The first-order valence-electron chi connectivity index (χ1n) is 8.11. The summed E-state index contributed by atoms with van der Waals surface area (Å²) in [5.74, 6) is 0.352. The first kappa shape index (κ1) is 18.8. The largest absolute Gasteiger partial charge is 0.479 e. The number of esters is 1. The van der Waals surface area contributed by atoms with Gasteiger partial charge in [-0.05, 0) is 56.9 Å². The molecule has 3 nitrogen and oxygen atoms in total. The standard InChI is InChI=1S/C18H27ClO3/c1-5-7-8-9-16(6-2)22-18(20)14(4)21-17-11-10-15(19)12-13(17)3/h10-12,14,16H,5-9H2,1-4H3. The lowest BCUT2D eigenvalue weighted by molar-refractivity contribution is -0.157. The summed E-state index contributed by atoms with van der Waals surface area (Å²) in [5.41, 5.74) is 0.905. The topological polar surface area (TPSA) is 35.5 Å². The Morgan fingerprint density at radius 3 is 2.59 bits per heavy atom. The molecule has 0 radical (unpaired) electrons. The van der Waals surface area contributed by atoms with Crippen LogP contribution in [0.5, 0.6) is 5.75 Å². The van der Waals surface area contributed by atoms with Gasteiger partial charge >= 0.3 is 5.97 Å². The number of benzene rings is 1. The van der Waals surface area contributed by atoms with E-state index in [4.69, 9.17) is 21.1 Å². The Morgan fingerprint density at radius 2 is 2.00 bits per heavy atom. The number of carbonyl (C=O) groups is 1. The average Bonchev–Trinajstić information content (AvgIpc) is 2.48. The van der Waals surface area contributed by atoms with Gasteiger partial charge in [-0.15, -0.1) is 0 Å². The van der Waals surface area contributed by atoms with E-state index >= 15 is 0 Å². The molecule has 1 rings (SSSR count). The highest BCUT2D eigenvalue weighted by molar-refractivity contribution is 6.30. The van der Waals surface area contributed by atoms with Gasteiger partial charge in [0.15, 0.2) is 6.10 Å². The maximum atomic E-state index is 12.2. The van der Waals surface area contributed by atoms with E-state index in [0.717, 1.165) is 24.8 Å². The lowest BCUT2D eigenvalue weighted by atomic mass is 10.1. The number of carbonyl (C=O) groups excluding carboxylic acids is 1. The molecule has 4 heteroatoms. The number of aryl methyl sites for hydroxylation is 1. The molecule has 0 saturated heterocycles. The van der Waals surface area contributed by atoms with E-state index in [1.807, 2.05) is 19.9 Å². The zero-order valence-electron chi connectivity index (χ0n) is 14.0. The van der Waals surface area contributed by atoms with Crippen LogP contribution in [-0.2, 0) is 9.53 Å². The van der Waals surface area contributed by atoms with Gasteiger partial charge in [0, 0.05) is 5.02 Å². The van der Waals surface area contributed by atoms with Crippen LogP contribution in [0.3, 0.4) is 0 Å². The van der Waals surface area contributed by atoms with Gasteiger partial charge in [0.05, 0.1) is 0 Å². The van der Waals surface area contributed by atoms with Gasteiger partial charge in [-0.1, -0.05) is 38.3 Å². The monoisotopic (exact) mass is 326 g/mol. The Balaban J connectivity index is 2.53. The molecule has 0 aliphatic heterocycles. The molecule has 2 atom stereocenters. The summed E-state index contributed by atoms with van der Waals surface area (Å²) < 4.78 is 11.3. The Morgan fingerprint density at radius 1 is 1.27 bits per heavy atom. The van der Waals surface area contributed by atoms with Crippen LogP contribution in [-0.4, -0.2) is 18.2 Å². The van der Waals surface area contributed by atoms with Gasteiger partial charge < -0.3 is 9.47 Å². The van der Waals surface area contributed by atoms with Crippen LogP contribution in [0.15, 0.2) is 18.2 Å². The van der Waals surface area contributed by atoms with Gasteiger partial charge in [-0.2, -0.15) is 0 Å². The number of ether oxygens (including phenoxy) is 2. The molecule has 0 amide bonds. The highest BCUT2D eigenvalue weighted by Crippen LogP contribution is 2.23. The lowest BCUT2D eigenvalue weighted by Gasteiger charge is -2.20. The molecular weight excluding hydrogens is 300 g/mol. The van der Waals surface area contributed by atoms with Crippen molar-refractivity contribution in [2.24, 2.45) is 0 Å². The molecule has 0 fully saturated rings. The smallest absolute Gasteiger partial charge is 0.347 e. The van der Waals surface area contributed by atoms with Crippen LogP contribution in [0, 0.1) is 6.92 Å². The third kappa shape index (κ3) is 6.27. The minimum absolute atomic E-state index is 0.0172. The second-order valence-corrected chi connectivity index (χ2v) is 6.07. The third-order valence-electron chi connectivity index (χ3n) is 3.64. The summed E-state index contributed by atoms with van der Waals surface area (Å²) >= 11 is 5.92. The molecule has 1 aromatic rings. The molecule has 0 heterocycles. The molecule has 0 saturated carbocycles. The van der Waals surface area contributed by atoms with Gasteiger partial charge in [-0.3, -0.25) is 0 Å². The van der Waals surface area contributed by atoms with Crippen molar-refractivity contribution in [1.82, 2.24) is 0 Å². The van der Waals surface area contributed by atoms with Crippen LogP contribution in [0.1, 0.15) is 58.4 Å². The predicted octanol–water partition coefficient (Wildman–Crippen LogP) is 5.32. The Labute approximate surface area is 139 Å². The van der Waals surface area contributed by atoms with Crippen molar-refractivity contribution in [2.45, 2.75) is 72.0 Å². The van der Waals surface area contributed by atoms with E-state index in [-0.39, 0.29) is 12.1 Å². The summed E-state index contributed by atoms with van der Waals surface area (Å²) in [7, 11) is 0. The third-order valence-corrected chi connectivity index (χ3v) is 3.88. The molecule has 2 unspecified atom stereocenters. The van der Waals surface area contributed by atoms with Gasteiger partial charge in [0.25, 0.3) is 0 Å². The zero-order chi connectivity index (χ0) is 16.5. The summed E-state index contributed by atoms with van der Waals surface area (Å²) in [6.07, 6.45) is 4.54. The number of halogens is 1. The molecule has 124 valence electrons. The van der Waals surface area contributed by atoms with Gasteiger partial charge in [0.1, 0.15) is 11.9 Å². The predicted molar refractivity (Wildman–Crippen MR) is 90.6 cm³/mol. The van der Waals surface area contributed by atoms with E-state index in [1.54, 1.807) is 19.1 Å². The van der Waals surface area contributed by atoms with Crippen molar-refractivity contribution in [3.05, 3.63) is 28.8 Å². The molecule has 1 aromatic carbocycles. The average molecular weight is 327 g/mol. The fourth-order valence-electron chi connectivity index (χ4n) is 2.21. The SMILES string of the molecule is CCCCCC(CC)OC(=O)C(C)Oc1ccc(Cl)cc1C. The van der Waals surface area contributed by atoms with Crippen molar-refractivity contribution in [2.75, 3.05) is 0 Å². The zero-order valence-corrected chi connectivity index (χ0v) is 14.8. The van der Waals surface area contributed by atoms with Crippen molar-refractivity contribution in [3.63, 3.8) is 0 Å². The molecule has 0 N–H and O–H groups in total. The van der Waals surface area contributed by atoms with Crippen molar-refractivity contribution in [3.8, 4) is 5.75 Å². The van der Waals surface area contributed by atoms with Crippen molar-refractivity contribution in [1.29, 1.82) is 0 Å². The van der Waals surface area contributed by atoms with E-state index in [0.29, 0.717) is 10.8 Å². The fourth-order valence-corrected chi connectivity index (χ4v) is 2.44. The van der Waals surface area contributed by atoms with Crippen LogP contribution < -0.4 is 4.74 Å². The highest BCUT2D eigenvalue weighted by Gasteiger charge is 2.21. The Bertz CT molecular complexity index is 473. The summed E-state index contributed by atoms with van der Waals surface area (Å²) in [6, 6.07) is 5.34. The van der Waals surface area contributed by atoms with E-state index in [1.165, 1.54) is 12.8 Å². The quantitative estimate of drug-likeness (QED) is 0.455. The summed E-state index contributed by atoms with van der Waals surface area (Å²) in [4.78, 5) is 12.2. The molecule has 0 aliphatic carbocycles.